The van der Waals surface area contributed by atoms with Gasteiger partial charge in [-0.05, 0) is 72.7 Å². The van der Waals surface area contributed by atoms with Gasteiger partial charge in [0.2, 0.25) is 11.4 Å². The first-order valence-corrected chi connectivity index (χ1v) is 16.2. The van der Waals surface area contributed by atoms with Crippen molar-refractivity contribution in [3.63, 3.8) is 0 Å². The molecule has 0 amide bonds. The summed E-state index contributed by atoms with van der Waals surface area (Å²) in [6.07, 6.45) is 15.3. The molecule has 6 aliphatic rings. The highest BCUT2D eigenvalue weighted by Crippen LogP contribution is 2.66. The van der Waals surface area contributed by atoms with Crippen LogP contribution in [-0.2, 0) is 19.2 Å². The Hall–Kier alpha value is -3.64. The fourth-order valence-corrected chi connectivity index (χ4v) is 10.3. The van der Waals surface area contributed by atoms with Crippen LogP contribution in [0.25, 0.3) is 9.69 Å². The minimum absolute atomic E-state index is 0.00168. The van der Waals surface area contributed by atoms with E-state index in [2.05, 4.69) is 44.3 Å². The third kappa shape index (κ3) is 4.54. The number of carbonyl (C=O) groups is 4. The summed E-state index contributed by atoms with van der Waals surface area (Å²) >= 11 is 0. The van der Waals surface area contributed by atoms with Gasteiger partial charge in [0.05, 0.1) is 13.1 Å². The van der Waals surface area contributed by atoms with E-state index < -0.39 is 16.2 Å². The molecule has 0 N–H and O–H groups in total. The number of Topliss-reactive ketones (excluding diaryl/α,β-unsaturated/α-hetero) is 2. The van der Waals surface area contributed by atoms with Crippen LogP contribution in [0.1, 0.15) is 94.4 Å². The van der Waals surface area contributed by atoms with E-state index in [1.54, 1.807) is 12.2 Å². The van der Waals surface area contributed by atoms with Gasteiger partial charge in [-0.15, -0.1) is 0 Å². The molecule has 0 bridgehead atoms. The van der Waals surface area contributed by atoms with Gasteiger partial charge in [0, 0.05) is 33.5 Å². The Labute approximate surface area is 268 Å². The lowest BCUT2D eigenvalue weighted by atomic mass is 9.44. The van der Waals surface area contributed by atoms with Crippen LogP contribution >= 0.6 is 0 Å². The lowest BCUT2D eigenvalue weighted by Crippen LogP contribution is -2.54. The Balaban J connectivity index is 0.000000178. The van der Waals surface area contributed by atoms with Crippen LogP contribution in [0.4, 0.5) is 0 Å². The average Bonchev–Trinajstić information content (AvgIpc) is 2.95. The zero-order valence-electron chi connectivity index (χ0n) is 28.3. The molecule has 0 aliphatic heterocycles. The normalized spacial score (nSPS) is 40.7. The molecule has 0 aromatic heterocycles. The molecule has 45 heavy (non-hydrogen) atoms. The molecule has 0 aromatic carbocycles. The predicted octanol–water partition coefficient (Wildman–Crippen LogP) is 8.24. The van der Waals surface area contributed by atoms with Crippen LogP contribution in [0, 0.1) is 63.4 Å². The minimum Gasteiger partial charge on any atom is -0.307 e. The van der Waals surface area contributed by atoms with E-state index >= 15 is 0 Å². The Morgan fingerprint density at radius 1 is 0.711 bits per heavy atom. The molecule has 6 aliphatic carbocycles. The van der Waals surface area contributed by atoms with Gasteiger partial charge in [-0.3, -0.25) is 9.59 Å². The van der Waals surface area contributed by atoms with Crippen molar-refractivity contribution >= 4 is 23.1 Å². The van der Waals surface area contributed by atoms with Gasteiger partial charge in [-0.1, -0.05) is 86.1 Å². The van der Waals surface area contributed by atoms with Crippen LogP contribution < -0.4 is 0 Å². The maximum atomic E-state index is 12.7. The largest absolute Gasteiger partial charge is 0.307 e. The standard InChI is InChI=1S/C20H25NO2.C19H21NO2/c1-12-9-13(22)10-16-19(12,4)8-7-15-18(2,3)17(23)14(21-6)11-20(15,16)5;1-17(2)14-7-9-18(3)8-6-12(21)10-15(18)19(14,4)11-13(20-5)16(17)22/h10-12,15H,7-9H2,1-5H3;6,8,10-11,14H,7,9H2,1-4H3/t12-,15+,19+,20+;14-,18+,19-/m10/s1. The van der Waals surface area contributed by atoms with Gasteiger partial charge in [0.1, 0.15) is 0 Å². The number of carbonyl (C=O) groups excluding carboxylic acids is 4. The van der Waals surface area contributed by atoms with E-state index in [1.165, 1.54) is 0 Å². The van der Waals surface area contributed by atoms with Crippen LogP contribution in [0.15, 0.2) is 59.0 Å². The number of hydrogen-bond donors (Lipinski definition) is 0. The van der Waals surface area contributed by atoms with Crippen molar-refractivity contribution in [3.05, 3.63) is 81.8 Å². The third-order valence-corrected chi connectivity index (χ3v) is 13.0. The van der Waals surface area contributed by atoms with Crippen LogP contribution in [0.5, 0.6) is 0 Å². The lowest BCUT2D eigenvalue weighted by molar-refractivity contribution is -0.131. The Morgan fingerprint density at radius 3 is 1.71 bits per heavy atom. The van der Waals surface area contributed by atoms with Crippen molar-refractivity contribution in [2.45, 2.75) is 94.4 Å². The Bertz CT molecular complexity index is 1670. The number of fused-ring (bicyclic) bond motifs is 6. The van der Waals surface area contributed by atoms with Gasteiger partial charge in [-0.25, -0.2) is 9.69 Å². The van der Waals surface area contributed by atoms with Gasteiger partial charge in [-0.2, -0.15) is 0 Å². The number of allylic oxidation sites excluding steroid dienone is 10. The van der Waals surface area contributed by atoms with Crippen molar-refractivity contribution in [2.24, 2.45) is 50.2 Å². The van der Waals surface area contributed by atoms with E-state index in [1.807, 2.05) is 52.0 Å². The lowest BCUT2D eigenvalue weighted by Gasteiger charge is -2.59. The summed E-state index contributed by atoms with van der Waals surface area (Å²) in [5.41, 5.74) is 0.570. The summed E-state index contributed by atoms with van der Waals surface area (Å²) in [6, 6.07) is 0. The summed E-state index contributed by atoms with van der Waals surface area (Å²) in [7, 11) is 0. The average molecular weight is 607 g/mol. The maximum Gasteiger partial charge on any atom is 0.226 e. The monoisotopic (exact) mass is 606 g/mol. The zero-order valence-corrected chi connectivity index (χ0v) is 28.3. The fourth-order valence-electron chi connectivity index (χ4n) is 10.3. The Kier molecular flexibility index (Phi) is 7.41. The number of nitrogens with zero attached hydrogens (tertiary/aromatic N) is 2. The molecule has 0 radical (unpaired) electrons. The first kappa shape index (κ1) is 32.7. The highest BCUT2D eigenvalue weighted by Gasteiger charge is 2.60. The van der Waals surface area contributed by atoms with Gasteiger partial charge in [0.25, 0.3) is 0 Å². The molecule has 2 fully saturated rings. The van der Waals surface area contributed by atoms with Gasteiger partial charge in [0.15, 0.2) is 23.1 Å². The first-order chi connectivity index (χ1) is 20.7. The molecule has 0 aromatic rings. The second-order valence-electron chi connectivity index (χ2n) is 16.4. The minimum atomic E-state index is -0.574. The van der Waals surface area contributed by atoms with Crippen LogP contribution in [-0.4, -0.2) is 23.1 Å². The summed E-state index contributed by atoms with van der Waals surface area (Å²) in [4.78, 5) is 56.4. The second kappa shape index (κ2) is 10.2. The molecule has 6 nitrogen and oxygen atoms in total. The molecule has 7 atom stereocenters. The Morgan fingerprint density at radius 2 is 1.20 bits per heavy atom. The van der Waals surface area contributed by atoms with E-state index in [4.69, 9.17) is 13.1 Å². The smallest absolute Gasteiger partial charge is 0.226 e. The zero-order chi connectivity index (χ0) is 33.5. The summed E-state index contributed by atoms with van der Waals surface area (Å²) in [5.74, 6) is 0.641. The van der Waals surface area contributed by atoms with Gasteiger partial charge >= 0.3 is 0 Å². The molecule has 236 valence electrons. The SMILES string of the molecule is [C-]#[N+]C1=C[C@]2(C)C3=CC(=O)C=C[C@]3(C)CC[C@H]2C(C)(C)C1=O.[C-]#[N+]C1=C[C@]2(C)C3=CC(=O)C[C@@H](C)[C@]3(C)CC[C@H]2C(C)(C)C1=O. The van der Waals surface area contributed by atoms with Crippen LogP contribution in [0.2, 0.25) is 0 Å². The molecule has 0 heterocycles. The van der Waals surface area contributed by atoms with Crippen molar-refractivity contribution in [1.29, 1.82) is 0 Å². The molecule has 0 spiro atoms. The highest BCUT2D eigenvalue weighted by molar-refractivity contribution is 6.04. The quantitative estimate of drug-likeness (QED) is 0.260. The maximum absolute atomic E-state index is 12.7. The van der Waals surface area contributed by atoms with Gasteiger partial charge < -0.3 is 9.59 Å². The van der Waals surface area contributed by atoms with Crippen molar-refractivity contribution in [1.82, 2.24) is 0 Å². The number of rotatable bonds is 0. The van der Waals surface area contributed by atoms with E-state index in [0.717, 1.165) is 36.8 Å². The second-order valence-corrected chi connectivity index (χ2v) is 16.4. The van der Waals surface area contributed by atoms with Crippen molar-refractivity contribution in [2.75, 3.05) is 0 Å². The predicted molar refractivity (Wildman–Crippen MR) is 174 cm³/mol. The van der Waals surface area contributed by atoms with Crippen LogP contribution in [0.3, 0.4) is 0 Å². The molecule has 6 rings (SSSR count). The van der Waals surface area contributed by atoms with Crippen molar-refractivity contribution < 1.29 is 19.2 Å². The third-order valence-electron chi connectivity index (χ3n) is 13.0. The molecular formula is C39H46N2O4. The molecule has 0 saturated heterocycles. The molecule has 0 unspecified atom stereocenters. The number of ketones is 4. The van der Waals surface area contributed by atoms with E-state index in [-0.39, 0.29) is 62.6 Å². The topological polar surface area (TPSA) is 77.0 Å². The number of hydrogen-bond acceptors (Lipinski definition) is 4. The van der Waals surface area contributed by atoms with Crippen molar-refractivity contribution in [3.8, 4) is 0 Å². The summed E-state index contributed by atoms with van der Waals surface area (Å²) in [5, 5.41) is 0. The first-order valence-electron chi connectivity index (χ1n) is 16.2. The highest BCUT2D eigenvalue weighted by atomic mass is 16.1. The molecule has 2 saturated carbocycles. The van der Waals surface area contributed by atoms with E-state index in [0.29, 0.717) is 12.3 Å². The summed E-state index contributed by atoms with van der Waals surface area (Å²) in [6.45, 7) is 33.4. The summed E-state index contributed by atoms with van der Waals surface area (Å²) < 4.78 is 0. The molecular weight excluding hydrogens is 560 g/mol. The molecule has 6 heteroatoms. The van der Waals surface area contributed by atoms with E-state index in [9.17, 15) is 19.2 Å². The fraction of sp³-hybridized carbons (Fsp3) is 0.590.